The summed E-state index contributed by atoms with van der Waals surface area (Å²) in [5.41, 5.74) is 0. The number of hydrogen-bond acceptors (Lipinski definition) is 4. The van der Waals surface area contributed by atoms with Crippen molar-refractivity contribution in [2.24, 2.45) is 0 Å². The van der Waals surface area contributed by atoms with Crippen molar-refractivity contribution in [3.05, 3.63) is 0 Å². The van der Waals surface area contributed by atoms with Crippen LogP contribution >= 0.6 is 0 Å². The van der Waals surface area contributed by atoms with Crippen molar-refractivity contribution < 1.29 is 9.47 Å². The highest BCUT2D eigenvalue weighted by atomic mass is 16.7. The monoisotopic (exact) mass is 240 g/mol. The second kappa shape index (κ2) is 4.50. The van der Waals surface area contributed by atoms with E-state index in [0.717, 1.165) is 19.3 Å². The molecule has 0 aromatic carbocycles. The molecule has 4 heteroatoms. The van der Waals surface area contributed by atoms with E-state index < -0.39 is 5.79 Å². The molecule has 0 bridgehead atoms. The van der Waals surface area contributed by atoms with Gasteiger partial charge >= 0.3 is 0 Å². The molecule has 4 nitrogen and oxygen atoms in total. The van der Waals surface area contributed by atoms with Gasteiger partial charge in [-0.15, -0.1) is 0 Å². The van der Waals surface area contributed by atoms with Crippen molar-refractivity contribution >= 4 is 0 Å². The second-order valence-electron chi connectivity index (χ2n) is 6.03. The zero-order chi connectivity index (χ0) is 11.9. The molecular weight excluding hydrogens is 216 g/mol. The van der Waals surface area contributed by atoms with E-state index in [-0.39, 0.29) is 0 Å². The van der Waals surface area contributed by atoms with Crippen LogP contribution < -0.4 is 5.32 Å². The van der Waals surface area contributed by atoms with Crippen LogP contribution in [0.15, 0.2) is 0 Å². The molecule has 2 unspecified atom stereocenters. The molecule has 0 spiro atoms. The second-order valence-corrected chi connectivity index (χ2v) is 6.03. The van der Waals surface area contributed by atoms with Gasteiger partial charge in [-0.2, -0.15) is 0 Å². The Labute approximate surface area is 104 Å². The van der Waals surface area contributed by atoms with E-state index in [2.05, 4.69) is 10.2 Å². The van der Waals surface area contributed by atoms with E-state index in [1.807, 2.05) is 13.8 Å². The van der Waals surface area contributed by atoms with Crippen LogP contribution in [0.3, 0.4) is 0 Å². The molecule has 0 aromatic rings. The van der Waals surface area contributed by atoms with Gasteiger partial charge in [-0.1, -0.05) is 0 Å². The van der Waals surface area contributed by atoms with Crippen LogP contribution in [-0.2, 0) is 9.47 Å². The number of ether oxygens (including phenoxy) is 2. The zero-order valence-corrected chi connectivity index (χ0v) is 10.9. The van der Waals surface area contributed by atoms with Gasteiger partial charge in [-0.05, 0) is 39.7 Å². The third kappa shape index (κ3) is 2.50. The van der Waals surface area contributed by atoms with Crippen molar-refractivity contribution in [1.82, 2.24) is 10.2 Å². The van der Waals surface area contributed by atoms with Crippen molar-refractivity contribution in [2.45, 2.75) is 57.0 Å². The number of nitrogens with one attached hydrogen (secondary N) is 1. The molecule has 17 heavy (non-hydrogen) atoms. The molecule has 3 heterocycles. The Morgan fingerprint density at radius 1 is 1.12 bits per heavy atom. The van der Waals surface area contributed by atoms with Crippen LogP contribution in [0.1, 0.15) is 33.1 Å². The molecule has 1 N–H and O–H groups in total. The zero-order valence-electron chi connectivity index (χ0n) is 10.9. The molecule has 3 saturated heterocycles. The molecule has 3 aliphatic rings. The lowest BCUT2D eigenvalue weighted by Crippen LogP contribution is -2.53. The SMILES string of the molecule is CC1(C)OCC(NC2CCN3CCCC23)CO1. The van der Waals surface area contributed by atoms with Crippen LogP contribution in [0.4, 0.5) is 0 Å². The smallest absolute Gasteiger partial charge is 0.162 e. The van der Waals surface area contributed by atoms with Crippen molar-refractivity contribution in [2.75, 3.05) is 26.3 Å². The van der Waals surface area contributed by atoms with Gasteiger partial charge in [0.25, 0.3) is 0 Å². The lowest BCUT2D eigenvalue weighted by molar-refractivity contribution is -0.253. The summed E-state index contributed by atoms with van der Waals surface area (Å²) in [6.07, 6.45) is 4.01. The largest absolute Gasteiger partial charge is 0.349 e. The van der Waals surface area contributed by atoms with Crippen molar-refractivity contribution in [1.29, 1.82) is 0 Å². The normalized spacial score (nSPS) is 38.5. The third-order valence-electron chi connectivity index (χ3n) is 4.32. The molecule has 2 atom stereocenters. The predicted octanol–water partition coefficient (Wildman–Crippen LogP) is 0.964. The summed E-state index contributed by atoms with van der Waals surface area (Å²) in [7, 11) is 0. The number of nitrogens with zero attached hydrogens (tertiary/aromatic N) is 1. The van der Waals surface area contributed by atoms with Gasteiger partial charge in [0.05, 0.1) is 19.3 Å². The summed E-state index contributed by atoms with van der Waals surface area (Å²) in [5.74, 6) is -0.396. The number of fused-ring (bicyclic) bond motifs is 1. The molecular formula is C13H24N2O2. The summed E-state index contributed by atoms with van der Waals surface area (Å²) in [5, 5.41) is 3.74. The summed E-state index contributed by atoms with van der Waals surface area (Å²) < 4.78 is 11.4. The molecule has 0 aromatic heterocycles. The van der Waals surface area contributed by atoms with E-state index in [9.17, 15) is 0 Å². The average molecular weight is 240 g/mol. The molecule has 0 radical (unpaired) electrons. The summed E-state index contributed by atoms with van der Waals surface area (Å²) in [6.45, 7) is 8.08. The van der Waals surface area contributed by atoms with Gasteiger partial charge in [-0.3, -0.25) is 4.90 Å². The topological polar surface area (TPSA) is 33.7 Å². The molecule has 0 aliphatic carbocycles. The minimum absolute atomic E-state index is 0.369. The average Bonchev–Trinajstić information content (AvgIpc) is 2.85. The first-order valence-electron chi connectivity index (χ1n) is 6.92. The van der Waals surface area contributed by atoms with Crippen LogP contribution in [0.25, 0.3) is 0 Å². The van der Waals surface area contributed by atoms with Gasteiger partial charge in [0.1, 0.15) is 0 Å². The Bertz CT molecular complexity index is 273. The Morgan fingerprint density at radius 3 is 2.65 bits per heavy atom. The lowest BCUT2D eigenvalue weighted by Gasteiger charge is -2.37. The molecule has 0 saturated carbocycles. The van der Waals surface area contributed by atoms with Crippen LogP contribution in [0.2, 0.25) is 0 Å². The molecule has 3 aliphatic heterocycles. The summed E-state index contributed by atoms with van der Waals surface area (Å²) >= 11 is 0. The maximum atomic E-state index is 5.70. The minimum Gasteiger partial charge on any atom is -0.349 e. The molecule has 98 valence electrons. The maximum absolute atomic E-state index is 5.70. The third-order valence-corrected chi connectivity index (χ3v) is 4.32. The summed E-state index contributed by atoms with van der Waals surface area (Å²) in [6, 6.07) is 1.79. The van der Waals surface area contributed by atoms with E-state index >= 15 is 0 Å². The predicted molar refractivity (Wildman–Crippen MR) is 65.9 cm³/mol. The minimum atomic E-state index is -0.396. The summed E-state index contributed by atoms with van der Waals surface area (Å²) in [4.78, 5) is 2.63. The Morgan fingerprint density at radius 2 is 1.88 bits per heavy atom. The van der Waals surface area contributed by atoms with Gasteiger partial charge in [0, 0.05) is 18.6 Å². The first kappa shape index (κ1) is 11.9. The Kier molecular flexibility index (Phi) is 3.15. The van der Waals surface area contributed by atoms with E-state index in [4.69, 9.17) is 9.47 Å². The maximum Gasteiger partial charge on any atom is 0.162 e. The molecule has 3 rings (SSSR count). The molecule has 3 fully saturated rings. The van der Waals surface area contributed by atoms with E-state index in [1.54, 1.807) is 0 Å². The molecule has 0 amide bonds. The fraction of sp³-hybridized carbons (Fsp3) is 1.00. The standard InChI is InChI=1S/C13H24N2O2/c1-13(2)16-8-10(9-17-13)14-11-5-7-15-6-3-4-12(11)15/h10-12,14H,3-9H2,1-2H3. The van der Waals surface area contributed by atoms with Crippen molar-refractivity contribution in [3.63, 3.8) is 0 Å². The lowest BCUT2D eigenvalue weighted by atomic mass is 10.1. The quantitative estimate of drug-likeness (QED) is 0.779. The Balaban J connectivity index is 1.51. The van der Waals surface area contributed by atoms with Gasteiger partial charge in [-0.25, -0.2) is 0 Å². The van der Waals surface area contributed by atoms with Crippen LogP contribution in [0, 0.1) is 0 Å². The van der Waals surface area contributed by atoms with Gasteiger partial charge in [0.15, 0.2) is 5.79 Å². The van der Waals surface area contributed by atoms with Gasteiger partial charge in [0.2, 0.25) is 0 Å². The highest BCUT2D eigenvalue weighted by molar-refractivity contribution is 4.97. The van der Waals surface area contributed by atoms with Crippen LogP contribution in [-0.4, -0.2) is 55.1 Å². The number of rotatable bonds is 2. The fourth-order valence-corrected chi connectivity index (χ4v) is 3.37. The highest BCUT2D eigenvalue weighted by Crippen LogP contribution is 2.28. The first-order chi connectivity index (χ1) is 8.14. The Hall–Kier alpha value is -0.160. The number of hydrogen-bond donors (Lipinski definition) is 1. The van der Waals surface area contributed by atoms with E-state index in [0.29, 0.717) is 12.1 Å². The van der Waals surface area contributed by atoms with E-state index in [1.165, 1.54) is 32.4 Å². The highest BCUT2D eigenvalue weighted by Gasteiger charge is 2.39. The van der Waals surface area contributed by atoms with Crippen LogP contribution in [0.5, 0.6) is 0 Å². The van der Waals surface area contributed by atoms with Crippen molar-refractivity contribution in [3.8, 4) is 0 Å². The van der Waals surface area contributed by atoms with Gasteiger partial charge < -0.3 is 14.8 Å². The first-order valence-corrected chi connectivity index (χ1v) is 6.92. The fourth-order valence-electron chi connectivity index (χ4n) is 3.37.